The van der Waals surface area contributed by atoms with Crippen molar-refractivity contribution in [1.82, 2.24) is 4.98 Å². The lowest BCUT2D eigenvalue weighted by Gasteiger charge is -2.22. The Balaban J connectivity index is 2.24. The highest BCUT2D eigenvalue weighted by molar-refractivity contribution is 7.15. The third-order valence-corrected chi connectivity index (χ3v) is 4.51. The van der Waals surface area contributed by atoms with Crippen molar-refractivity contribution < 1.29 is 4.79 Å². The number of nitrogens with one attached hydrogen (secondary N) is 1. The fourth-order valence-corrected chi connectivity index (χ4v) is 2.92. The molecule has 112 valence electrons. The summed E-state index contributed by atoms with van der Waals surface area (Å²) in [4.78, 5) is 18.0. The second-order valence-electron chi connectivity index (χ2n) is 6.47. The summed E-state index contributed by atoms with van der Waals surface area (Å²) in [6, 6.07) is 7.74. The largest absolute Gasteiger partial charge is 0.298 e. The van der Waals surface area contributed by atoms with Gasteiger partial charge in [-0.3, -0.25) is 10.1 Å². The quantitative estimate of drug-likeness (QED) is 0.883. The van der Waals surface area contributed by atoms with Crippen LogP contribution in [0.2, 0.25) is 0 Å². The molecule has 1 aromatic heterocycles. The van der Waals surface area contributed by atoms with Crippen LogP contribution in [0, 0.1) is 0 Å². The second kappa shape index (κ2) is 5.98. The highest BCUT2D eigenvalue weighted by Gasteiger charge is 2.21. The minimum Gasteiger partial charge on any atom is -0.298 e. The van der Waals surface area contributed by atoms with Gasteiger partial charge < -0.3 is 0 Å². The fourth-order valence-electron chi connectivity index (χ4n) is 2.11. The predicted molar refractivity (Wildman–Crippen MR) is 89.3 cm³/mol. The molecular formula is C17H22N2OS. The molecule has 0 saturated carbocycles. The zero-order valence-corrected chi connectivity index (χ0v) is 14.0. The highest BCUT2D eigenvalue weighted by Crippen LogP contribution is 2.28. The van der Waals surface area contributed by atoms with Crippen LogP contribution in [0.15, 0.2) is 30.5 Å². The zero-order valence-electron chi connectivity index (χ0n) is 13.2. The normalized spacial score (nSPS) is 11.7. The van der Waals surface area contributed by atoms with Gasteiger partial charge in [0.2, 0.25) is 0 Å². The SMILES string of the molecule is CC(C)c1cnc(NC(=O)c2ccccc2C(C)(C)C)s1. The van der Waals surface area contributed by atoms with Crippen molar-refractivity contribution in [1.29, 1.82) is 0 Å². The summed E-state index contributed by atoms with van der Waals surface area (Å²) >= 11 is 1.53. The number of nitrogens with zero attached hydrogens (tertiary/aromatic N) is 1. The van der Waals surface area contributed by atoms with Crippen molar-refractivity contribution >= 4 is 22.4 Å². The number of anilines is 1. The smallest absolute Gasteiger partial charge is 0.257 e. The molecule has 0 unspecified atom stereocenters. The molecule has 0 saturated heterocycles. The van der Waals surface area contributed by atoms with Crippen molar-refractivity contribution in [2.45, 2.75) is 46.0 Å². The van der Waals surface area contributed by atoms with E-state index in [-0.39, 0.29) is 11.3 Å². The Labute approximate surface area is 130 Å². The maximum Gasteiger partial charge on any atom is 0.257 e. The van der Waals surface area contributed by atoms with Crippen LogP contribution < -0.4 is 5.32 Å². The van der Waals surface area contributed by atoms with E-state index < -0.39 is 0 Å². The molecule has 0 bridgehead atoms. The summed E-state index contributed by atoms with van der Waals surface area (Å²) in [5, 5.41) is 3.57. The monoisotopic (exact) mass is 302 g/mol. The lowest BCUT2D eigenvalue weighted by Crippen LogP contribution is -2.20. The topological polar surface area (TPSA) is 42.0 Å². The van der Waals surface area contributed by atoms with Crippen LogP contribution in [0.5, 0.6) is 0 Å². The van der Waals surface area contributed by atoms with Crippen molar-refractivity contribution in [2.24, 2.45) is 0 Å². The van der Waals surface area contributed by atoms with Crippen molar-refractivity contribution in [3.05, 3.63) is 46.5 Å². The van der Waals surface area contributed by atoms with Crippen LogP contribution in [0.3, 0.4) is 0 Å². The van der Waals surface area contributed by atoms with E-state index in [1.54, 1.807) is 0 Å². The summed E-state index contributed by atoms with van der Waals surface area (Å²) in [5.74, 6) is 0.334. The molecule has 0 spiro atoms. The van der Waals surface area contributed by atoms with E-state index >= 15 is 0 Å². The van der Waals surface area contributed by atoms with E-state index in [9.17, 15) is 4.79 Å². The molecular weight excluding hydrogens is 280 g/mol. The lowest BCUT2D eigenvalue weighted by molar-refractivity contribution is 0.102. The van der Waals surface area contributed by atoms with Gasteiger partial charge in [0.25, 0.3) is 5.91 Å². The molecule has 4 heteroatoms. The Morgan fingerprint density at radius 3 is 2.48 bits per heavy atom. The molecule has 0 radical (unpaired) electrons. The molecule has 3 nitrogen and oxygen atoms in total. The number of rotatable bonds is 3. The molecule has 2 aromatic rings. The molecule has 1 N–H and O–H groups in total. The number of thiazole rings is 1. The number of hydrogen-bond donors (Lipinski definition) is 1. The van der Waals surface area contributed by atoms with E-state index in [2.05, 4.69) is 44.9 Å². The first-order chi connectivity index (χ1) is 9.79. The van der Waals surface area contributed by atoms with Crippen molar-refractivity contribution in [2.75, 3.05) is 5.32 Å². The predicted octanol–water partition coefficient (Wildman–Crippen LogP) is 4.82. The third-order valence-electron chi connectivity index (χ3n) is 3.29. The van der Waals surface area contributed by atoms with Gasteiger partial charge in [0.05, 0.1) is 0 Å². The van der Waals surface area contributed by atoms with E-state index in [4.69, 9.17) is 0 Å². The molecule has 0 fully saturated rings. The summed E-state index contributed by atoms with van der Waals surface area (Å²) in [5.41, 5.74) is 1.69. The minimum atomic E-state index is -0.0924. The average molecular weight is 302 g/mol. The zero-order chi connectivity index (χ0) is 15.6. The molecule has 0 aliphatic rings. The second-order valence-corrected chi connectivity index (χ2v) is 7.53. The summed E-state index contributed by atoms with van der Waals surface area (Å²) in [6.07, 6.45) is 1.83. The van der Waals surface area contributed by atoms with Crippen LogP contribution >= 0.6 is 11.3 Å². The molecule has 1 heterocycles. The minimum absolute atomic E-state index is 0.0695. The standard InChI is InChI=1S/C17H22N2OS/c1-11(2)14-10-18-16(21-14)19-15(20)12-8-6-7-9-13(12)17(3,4)5/h6-11H,1-5H3,(H,18,19,20). The van der Waals surface area contributed by atoms with Gasteiger partial charge in [-0.25, -0.2) is 4.98 Å². The first-order valence-corrected chi connectivity index (χ1v) is 7.97. The van der Waals surface area contributed by atoms with Gasteiger partial charge in [-0.1, -0.05) is 52.8 Å². The lowest BCUT2D eigenvalue weighted by atomic mass is 9.83. The summed E-state index contributed by atoms with van der Waals surface area (Å²) in [6.45, 7) is 10.6. The van der Waals surface area contributed by atoms with E-state index in [0.29, 0.717) is 16.6 Å². The van der Waals surface area contributed by atoms with E-state index in [0.717, 1.165) is 5.56 Å². The van der Waals surface area contributed by atoms with E-state index in [1.165, 1.54) is 16.2 Å². The van der Waals surface area contributed by atoms with Crippen molar-refractivity contribution in [3.63, 3.8) is 0 Å². The highest BCUT2D eigenvalue weighted by atomic mass is 32.1. The van der Waals surface area contributed by atoms with Crippen LogP contribution in [-0.4, -0.2) is 10.9 Å². The van der Waals surface area contributed by atoms with Gasteiger partial charge in [0, 0.05) is 16.6 Å². The molecule has 2 rings (SSSR count). The first kappa shape index (κ1) is 15.7. The van der Waals surface area contributed by atoms with Gasteiger partial charge in [0.15, 0.2) is 5.13 Å². The molecule has 0 atom stereocenters. The molecule has 0 aliphatic carbocycles. The van der Waals surface area contributed by atoms with Crippen LogP contribution in [0.4, 0.5) is 5.13 Å². The summed E-state index contributed by atoms with van der Waals surface area (Å²) in [7, 11) is 0. The Bertz CT molecular complexity index is 638. The maximum absolute atomic E-state index is 12.5. The number of carbonyl (C=O) groups excluding carboxylic acids is 1. The number of amides is 1. The first-order valence-electron chi connectivity index (χ1n) is 7.15. The number of carbonyl (C=O) groups is 1. The molecule has 1 aromatic carbocycles. The third kappa shape index (κ3) is 3.70. The van der Waals surface area contributed by atoms with Gasteiger partial charge in [-0.05, 0) is 23.0 Å². The fraction of sp³-hybridized carbons (Fsp3) is 0.412. The van der Waals surface area contributed by atoms with Gasteiger partial charge in [-0.2, -0.15) is 0 Å². The molecule has 21 heavy (non-hydrogen) atoms. The Kier molecular flexibility index (Phi) is 4.47. The number of benzene rings is 1. The maximum atomic E-state index is 12.5. The number of hydrogen-bond acceptors (Lipinski definition) is 3. The van der Waals surface area contributed by atoms with Gasteiger partial charge in [0.1, 0.15) is 0 Å². The molecule has 0 aliphatic heterocycles. The van der Waals surface area contributed by atoms with Crippen LogP contribution in [0.25, 0.3) is 0 Å². The average Bonchev–Trinajstić information content (AvgIpc) is 2.86. The Morgan fingerprint density at radius 2 is 1.90 bits per heavy atom. The Morgan fingerprint density at radius 1 is 1.24 bits per heavy atom. The molecule has 1 amide bonds. The van der Waals surface area contributed by atoms with Crippen LogP contribution in [-0.2, 0) is 5.41 Å². The van der Waals surface area contributed by atoms with Gasteiger partial charge in [-0.15, -0.1) is 11.3 Å². The summed E-state index contributed by atoms with van der Waals surface area (Å²) < 4.78 is 0. The van der Waals surface area contributed by atoms with Crippen LogP contribution in [0.1, 0.15) is 61.3 Å². The Hall–Kier alpha value is -1.68. The van der Waals surface area contributed by atoms with E-state index in [1.807, 2.05) is 30.5 Å². The van der Waals surface area contributed by atoms with Gasteiger partial charge >= 0.3 is 0 Å². The van der Waals surface area contributed by atoms with Crippen molar-refractivity contribution in [3.8, 4) is 0 Å². The number of aromatic nitrogens is 1.